The van der Waals surface area contributed by atoms with Crippen LogP contribution in [0.25, 0.3) is 0 Å². The molecule has 1 saturated carbocycles. The van der Waals surface area contributed by atoms with Crippen LogP contribution in [0, 0.1) is 5.92 Å². The van der Waals surface area contributed by atoms with E-state index in [4.69, 9.17) is 23.7 Å². The zero-order valence-electron chi connectivity index (χ0n) is 24.4. The van der Waals surface area contributed by atoms with Gasteiger partial charge in [-0.1, -0.05) is 44.2 Å². The van der Waals surface area contributed by atoms with E-state index in [0.717, 1.165) is 18.4 Å². The van der Waals surface area contributed by atoms with Gasteiger partial charge in [-0.05, 0) is 30.7 Å². The highest BCUT2D eigenvalue weighted by atomic mass is 16.6. The number of nitrogens with one attached hydrogen (secondary N) is 3. The highest BCUT2D eigenvalue weighted by Crippen LogP contribution is 2.18. The fraction of sp³-hybridized carbons (Fsp3) is 0.655. The van der Waals surface area contributed by atoms with Crippen molar-refractivity contribution >= 4 is 23.7 Å². The van der Waals surface area contributed by atoms with Gasteiger partial charge in [-0.3, -0.25) is 14.4 Å². The summed E-state index contributed by atoms with van der Waals surface area (Å²) in [5.41, 5.74) is 0.791. The van der Waals surface area contributed by atoms with Gasteiger partial charge in [-0.15, -0.1) is 0 Å². The summed E-state index contributed by atoms with van der Waals surface area (Å²) in [4.78, 5) is 51.1. The maximum absolute atomic E-state index is 13.2. The van der Waals surface area contributed by atoms with Crippen LogP contribution in [0.2, 0.25) is 0 Å². The molecule has 2 atom stereocenters. The van der Waals surface area contributed by atoms with E-state index in [2.05, 4.69) is 16.0 Å². The SMILES string of the molecule is COCCOCCOCCOCCOC(=O)NC(CC(C)C)C(=O)NC(Cc1ccccc1)C(=O)C(=O)NC1CC1. The summed E-state index contributed by atoms with van der Waals surface area (Å²) < 4.78 is 26.1. The third kappa shape index (κ3) is 15.5. The van der Waals surface area contributed by atoms with Gasteiger partial charge in [0.25, 0.3) is 5.91 Å². The van der Waals surface area contributed by atoms with Crippen molar-refractivity contribution in [2.45, 2.75) is 57.7 Å². The summed E-state index contributed by atoms with van der Waals surface area (Å²) in [6.45, 7) is 6.61. The number of hydrogen-bond donors (Lipinski definition) is 3. The summed E-state index contributed by atoms with van der Waals surface area (Å²) in [6.07, 6.45) is 1.34. The Morgan fingerprint density at radius 2 is 1.39 bits per heavy atom. The van der Waals surface area contributed by atoms with E-state index in [0.29, 0.717) is 46.1 Å². The predicted molar refractivity (Wildman–Crippen MR) is 150 cm³/mol. The van der Waals surface area contributed by atoms with Gasteiger partial charge in [0.1, 0.15) is 18.7 Å². The van der Waals surface area contributed by atoms with Crippen molar-refractivity contribution in [2.75, 3.05) is 60.0 Å². The third-order valence-corrected chi connectivity index (χ3v) is 6.00. The molecular weight excluding hydrogens is 534 g/mol. The minimum atomic E-state index is -1.08. The molecule has 230 valence electrons. The molecule has 1 aromatic carbocycles. The summed E-state index contributed by atoms with van der Waals surface area (Å²) in [7, 11) is 1.61. The number of alkyl carbamates (subject to hydrolysis) is 1. The number of amides is 3. The molecule has 3 N–H and O–H groups in total. The minimum absolute atomic E-state index is 0.00648. The van der Waals surface area contributed by atoms with Crippen molar-refractivity contribution in [1.29, 1.82) is 0 Å². The van der Waals surface area contributed by atoms with Crippen molar-refractivity contribution in [2.24, 2.45) is 5.92 Å². The Kier molecular flexibility index (Phi) is 16.6. The van der Waals surface area contributed by atoms with Crippen LogP contribution >= 0.6 is 0 Å². The predicted octanol–water partition coefficient (Wildman–Crippen LogP) is 1.40. The number of ketones is 1. The van der Waals surface area contributed by atoms with Crippen LogP contribution in [-0.2, 0) is 44.5 Å². The second kappa shape index (κ2) is 19.9. The first-order valence-corrected chi connectivity index (χ1v) is 14.1. The average molecular weight is 580 g/mol. The molecular formula is C29H45N3O9. The van der Waals surface area contributed by atoms with Crippen molar-refractivity contribution in [3.8, 4) is 0 Å². The van der Waals surface area contributed by atoms with Crippen LogP contribution in [0.3, 0.4) is 0 Å². The molecule has 12 nitrogen and oxygen atoms in total. The lowest BCUT2D eigenvalue weighted by atomic mass is 9.99. The second-order valence-electron chi connectivity index (χ2n) is 10.2. The number of carbonyl (C=O) groups is 4. The van der Waals surface area contributed by atoms with Crippen LogP contribution in [-0.4, -0.2) is 102 Å². The molecule has 0 radical (unpaired) electrons. The van der Waals surface area contributed by atoms with Gasteiger partial charge >= 0.3 is 6.09 Å². The molecule has 12 heteroatoms. The molecule has 1 fully saturated rings. The van der Waals surface area contributed by atoms with E-state index < -0.39 is 35.8 Å². The van der Waals surface area contributed by atoms with Gasteiger partial charge in [-0.25, -0.2) is 4.79 Å². The van der Waals surface area contributed by atoms with Crippen molar-refractivity contribution in [3.63, 3.8) is 0 Å². The number of benzene rings is 1. The quantitative estimate of drug-likeness (QED) is 0.137. The van der Waals surface area contributed by atoms with Crippen molar-refractivity contribution < 1.29 is 42.9 Å². The Hall–Kier alpha value is -3.06. The smallest absolute Gasteiger partial charge is 0.407 e. The molecule has 1 aliphatic rings. The fourth-order valence-corrected chi connectivity index (χ4v) is 3.74. The number of ether oxygens (including phenoxy) is 5. The van der Waals surface area contributed by atoms with Gasteiger partial charge in [0.15, 0.2) is 0 Å². The van der Waals surface area contributed by atoms with Crippen LogP contribution in [0.1, 0.15) is 38.7 Å². The zero-order valence-corrected chi connectivity index (χ0v) is 24.4. The summed E-state index contributed by atoms with van der Waals surface area (Å²) in [5, 5.41) is 7.96. The summed E-state index contributed by atoms with van der Waals surface area (Å²) in [5.74, 6) is -1.95. The molecule has 0 heterocycles. The monoisotopic (exact) mass is 579 g/mol. The molecule has 41 heavy (non-hydrogen) atoms. The minimum Gasteiger partial charge on any atom is -0.447 e. The van der Waals surface area contributed by atoms with Crippen molar-refractivity contribution in [1.82, 2.24) is 16.0 Å². The number of methoxy groups -OCH3 is 1. The van der Waals surface area contributed by atoms with E-state index in [-0.39, 0.29) is 31.6 Å². The largest absolute Gasteiger partial charge is 0.447 e. The van der Waals surface area contributed by atoms with Crippen LogP contribution < -0.4 is 16.0 Å². The van der Waals surface area contributed by atoms with Gasteiger partial charge in [0, 0.05) is 19.6 Å². The number of Topliss-reactive ketones (excluding diaryl/α,β-unsaturated/α-hetero) is 1. The summed E-state index contributed by atoms with van der Waals surface area (Å²) >= 11 is 0. The standard InChI is InChI=1S/C29H45N3O9/c1-21(2)19-25(32-29(36)41-18-17-40-16-15-39-14-13-38-12-11-37-3)27(34)31-24(20-22-7-5-4-6-8-22)26(33)28(35)30-23-9-10-23/h4-8,21,23-25H,9-20H2,1-3H3,(H,30,35)(H,31,34)(H,32,36). The highest BCUT2D eigenvalue weighted by molar-refractivity contribution is 6.38. The van der Waals surface area contributed by atoms with Crippen molar-refractivity contribution in [3.05, 3.63) is 35.9 Å². The van der Waals surface area contributed by atoms with E-state index in [1.807, 2.05) is 44.2 Å². The molecule has 0 bridgehead atoms. The van der Waals surface area contributed by atoms with Gasteiger partial charge < -0.3 is 39.6 Å². The first-order chi connectivity index (χ1) is 19.8. The maximum Gasteiger partial charge on any atom is 0.407 e. The van der Waals surface area contributed by atoms with E-state index in [1.165, 1.54) is 0 Å². The normalized spacial score (nSPS) is 14.2. The number of rotatable bonds is 22. The Balaban J connectivity index is 1.79. The lowest BCUT2D eigenvalue weighted by molar-refractivity contribution is -0.140. The maximum atomic E-state index is 13.2. The average Bonchev–Trinajstić information content (AvgIpc) is 3.76. The molecule has 0 aromatic heterocycles. The Morgan fingerprint density at radius 1 is 0.805 bits per heavy atom. The van der Waals surface area contributed by atoms with Gasteiger partial charge in [0.05, 0.1) is 46.2 Å². The molecule has 1 aliphatic carbocycles. The summed E-state index contributed by atoms with van der Waals surface area (Å²) in [6, 6.07) is 7.09. The van der Waals surface area contributed by atoms with Crippen LogP contribution in [0.15, 0.2) is 30.3 Å². The Morgan fingerprint density at radius 3 is 1.95 bits per heavy atom. The van der Waals surface area contributed by atoms with E-state index in [1.54, 1.807) is 7.11 Å². The third-order valence-electron chi connectivity index (χ3n) is 6.00. The Labute approximate surface area is 242 Å². The highest BCUT2D eigenvalue weighted by Gasteiger charge is 2.33. The van der Waals surface area contributed by atoms with Crippen LogP contribution in [0.5, 0.6) is 0 Å². The number of hydrogen-bond acceptors (Lipinski definition) is 9. The first kappa shape index (κ1) is 34.1. The molecule has 0 aliphatic heterocycles. The lowest BCUT2D eigenvalue weighted by Gasteiger charge is -2.23. The molecule has 2 unspecified atom stereocenters. The first-order valence-electron chi connectivity index (χ1n) is 14.1. The van der Waals surface area contributed by atoms with Gasteiger partial charge in [0.2, 0.25) is 11.7 Å². The molecule has 3 amide bonds. The molecule has 2 rings (SSSR count). The van der Waals surface area contributed by atoms with E-state index >= 15 is 0 Å². The fourth-order valence-electron chi connectivity index (χ4n) is 3.74. The molecule has 0 spiro atoms. The number of carbonyl (C=O) groups excluding carboxylic acids is 4. The second-order valence-corrected chi connectivity index (χ2v) is 10.2. The zero-order chi connectivity index (χ0) is 29.9. The molecule has 1 aromatic rings. The Bertz CT molecular complexity index is 925. The lowest BCUT2D eigenvalue weighted by Crippen LogP contribution is -2.55. The topological polar surface area (TPSA) is 151 Å². The van der Waals surface area contributed by atoms with E-state index in [9.17, 15) is 19.2 Å². The molecule has 0 saturated heterocycles. The van der Waals surface area contributed by atoms with Crippen LogP contribution in [0.4, 0.5) is 4.79 Å². The van der Waals surface area contributed by atoms with Gasteiger partial charge in [-0.2, -0.15) is 0 Å².